The summed E-state index contributed by atoms with van der Waals surface area (Å²) in [5.74, 6) is 1.49. The highest BCUT2D eigenvalue weighted by Crippen LogP contribution is 2.23. The minimum Gasteiger partial charge on any atom is -0.497 e. The van der Waals surface area contributed by atoms with Crippen LogP contribution < -0.4 is 10.3 Å². The van der Waals surface area contributed by atoms with Crippen molar-refractivity contribution in [3.63, 3.8) is 0 Å². The van der Waals surface area contributed by atoms with Crippen molar-refractivity contribution in [2.75, 3.05) is 7.11 Å². The number of nitrogens with zero attached hydrogens (tertiary/aromatic N) is 2. The van der Waals surface area contributed by atoms with Crippen LogP contribution in [0.15, 0.2) is 58.5 Å². The van der Waals surface area contributed by atoms with Crippen LogP contribution in [0.4, 0.5) is 0 Å². The van der Waals surface area contributed by atoms with Crippen LogP contribution in [0, 0.1) is 6.92 Å². The van der Waals surface area contributed by atoms with Gasteiger partial charge in [-0.2, -0.15) is 0 Å². The van der Waals surface area contributed by atoms with Gasteiger partial charge in [0.15, 0.2) is 5.16 Å². The Morgan fingerprint density at radius 2 is 1.89 bits per heavy atom. The first kappa shape index (κ1) is 19.5. The first-order valence-corrected chi connectivity index (χ1v) is 9.91. The van der Waals surface area contributed by atoms with Gasteiger partial charge >= 0.3 is 0 Å². The normalized spacial score (nSPS) is 10.8. The highest BCUT2D eigenvalue weighted by molar-refractivity contribution is 7.98. The standard InChI is InChI=1S/C21H21ClN2O2S/c1-14-19(12-15-6-5-9-18(11-15)26-3)20(25)24(2)21(23-14)27-13-16-7-4-8-17(22)10-16/h4-11H,12-13H2,1-3H3. The van der Waals surface area contributed by atoms with Crippen LogP contribution in [0.5, 0.6) is 5.75 Å². The third-order valence-electron chi connectivity index (χ3n) is 4.32. The largest absolute Gasteiger partial charge is 0.497 e. The summed E-state index contributed by atoms with van der Waals surface area (Å²) in [6, 6.07) is 15.5. The average Bonchev–Trinajstić information content (AvgIpc) is 2.67. The van der Waals surface area contributed by atoms with Crippen LogP contribution in [-0.4, -0.2) is 16.7 Å². The summed E-state index contributed by atoms with van der Waals surface area (Å²) < 4.78 is 6.89. The molecule has 0 amide bonds. The molecular weight excluding hydrogens is 380 g/mol. The fraction of sp³-hybridized carbons (Fsp3) is 0.238. The molecule has 0 aliphatic carbocycles. The predicted octanol–water partition coefficient (Wildman–Crippen LogP) is 4.63. The Morgan fingerprint density at radius 1 is 1.15 bits per heavy atom. The van der Waals surface area contributed by atoms with Crippen LogP contribution in [0.2, 0.25) is 5.02 Å². The Morgan fingerprint density at radius 3 is 2.63 bits per heavy atom. The smallest absolute Gasteiger partial charge is 0.257 e. The second-order valence-electron chi connectivity index (χ2n) is 6.27. The van der Waals surface area contributed by atoms with Gasteiger partial charge in [-0.15, -0.1) is 0 Å². The lowest BCUT2D eigenvalue weighted by atomic mass is 10.0. The average molecular weight is 401 g/mol. The Labute approximate surface area is 168 Å². The number of methoxy groups -OCH3 is 1. The van der Waals surface area contributed by atoms with Crippen molar-refractivity contribution in [1.29, 1.82) is 0 Å². The summed E-state index contributed by atoms with van der Waals surface area (Å²) in [6.07, 6.45) is 0.530. The molecule has 0 N–H and O–H groups in total. The quantitative estimate of drug-likeness (QED) is 0.447. The van der Waals surface area contributed by atoms with Gasteiger partial charge in [-0.25, -0.2) is 4.98 Å². The summed E-state index contributed by atoms with van der Waals surface area (Å²) in [4.78, 5) is 17.6. The van der Waals surface area contributed by atoms with E-state index in [-0.39, 0.29) is 5.56 Å². The number of aryl methyl sites for hydroxylation is 1. The van der Waals surface area contributed by atoms with Crippen molar-refractivity contribution in [3.05, 3.63) is 86.3 Å². The topological polar surface area (TPSA) is 44.1 Å². The molecule has 0 saturated heterocycles. The third-order valence-corrected chi connectivity index (χ3v) is 5.66. The van der Waals surface area contributed by atoms with Gasteiger partial charge in [-0.1, -0.05) is 47.6 Å². The van der Waals surface area contributed by atoms with E-state index >= 15 is 0 Å². The zero-order valence-corrected chi connectivity index (χ0v) is 17.1. The summed E-state index contributed by atoms with van der Waals surface area (Å²) in [6.45, 7) is 1.89. The molecule has 1 heterocycles. The summed E-state index contributed by atoms with van der Waals surface area (Å²) in [5, 5.41) is 1.41. The van der Waals surface area contributed by atoms with Crippen LogP contribution in [0.25, 0.3) is 0 Å². The van der Waals surface area contributed by atoms with E-state index in [1.54, 1.807) is 18.7 Å². The maximum absolute atomic E-state index is 12.9. The van der Waals surface area contributed by atoms with Gasteiger partial charge in [0.25, 0.3) is 5.56 Å². The number of rotatable bonds is 6. The van der Waals surface area contributed by atoms with E-state index in [1.807, 2.05) is 55.5 Å². The monoisotopic (exact) mass is 400 g/mol. The van der Waals surface area contributed by atoms with Gasteiger partial charge in [-0.05, 0) is 42.3 Å². The van der Waals surface area contributed by atoms with Crippen molar-refractivity contribution in [2.45, 2.75) is 24.3 Å². The SMILES string of the molecule is COc1cccc(Cc2c(C)nc(SCc3cccc(Cl)c3)n(C)c2=O)c1. The van der Waals surface area contributed by atoms with Gasteiger partial charge in [-0.3, -0.25) is 9.36 Å². The number of thioether (sulfide) groups is 1. The maximum atomic E-state index is 12.9. The van der Waals surface area contributed by atoms with Gasteiger partial charge in [0.05, 0.1) is 7.11 Å². The summed E-state index contributed by atoms with van der Waals surface area (Å²) >= 11 is 7.57. The number of ether oxygens (including phenoxy) is 1. The van der Waals surface area contributed by atoms with E-state index < -0.39 is 0 Å². The molecule has 0 fully saturated rings. The van der Waals surface area contributed by atoms with Crippen molar-refractivity contribution >= 4 is 23.4 Å². The first-order chi connectivity index (χ1) is 13.0. The molecular formula is C21H21ClN2O2S. The number of hydrogen-bond acceptors (Lipinski definition) is 4. The van der Waals surface area contributed by atoms with Crippen molar-refractivity contribution in [2.24, 2.45) is 7.05 Å². The molecule has 0 aliphatic rings. The molecule has 6 heteroatoms. The van der Waals surface area contributed by atoms with Crippen LogP contribution in [0.3, 0.4) is 0 Å². The highest BCUT2D eigenvalue weighted by atomic mass is 35.5. The van der Waals surface area contributed by atoms with Crippen LogP contribution >= 0.6 is 23.4 Å². The molecule has 0 radical (unpaired) electrons. The Bertz CT molecular complexity index is 1020. The lowest BCUT2D eigenvalue weighted by Gasteiger charge is -2.12. The number of hydrogen-bond donors (Lipinski definition) is 0. The zero-order chi connectivity index (χ0) is 19.4. The molecule has 0 bridgehead atoms. The van der Waals surface area contributed by atoms with Crippen LogP contribution in [-0.2, 0) is 19.2 Å². The third kappa shape index (κ3) is 4.73. The number of benzene rings is 2. The Hall–Kier alpha value is -2.24. The second kappa shape index (κ2) is 8.63. The van der Waals surface area contributed by atoms with E-state index in [0.29, 0.717) is 27.9 Å². The summed E-state index contributed by atoms with van der Waals surface area (Å²) in [5.41, 5.74) is 3.57. The zero-order valence-electron chi connectivity index (χ0n) is 15.5. The summed E-state index contributed by atoms with van der Waals surface area (Å²) in [7, 11) is 3.40. The minimum atomic E-state index is -0.0149. The molecule has 0 unspecified atom stereocenters. The lowest BCUT2D eigenvalue weighted by molar-refractivity contribution is 0.414. The maximum Gasteiger partial charge on any atom is 0.257 e. The Kier molecular flexibility index (Phi) is 6.24. The van der Waals surface area contributed by atoms with Crippen LogP contribution in [0.1, 0.15) is 22.4 Å². The lowest BCUT2D eigenvalue weighted by Crippen LogP contribution is -2.25. The highest BCUT2D eigenvalue weighted by Gasteiger charge is 2.13. The molecule has 140 valence electrons. The van der Waals surface area contributed by atoms with E-state index in [0.717, 1.165) is 22.6 Å². The fourth-order valence-electron chi connectivity index (χ4n) is 2.82. The first-order valence-electron chi connectivity index (χ1n) is 8.54. The molecule has 0 atom stereocenters. The van der Waals surface area contributed by atoms with E-state index in [4.69, 9.17) is 16.3 Å². The van der Waals surface area contributed by atoms with E-state index in [2.05, 4.69) is 4.98 Å². The Balaban J connectivity index is 1.84. The molecule has 2 aromatic carbocycles. The van der Waals surface area contributed by atoms with Gasteiger partial charge < -0.3 is 4.74 Å². The van der Waals surface area contributed by atoms with Crippen molar-refractivity contribution in [3.8, 4) is 5.75 Å². The molecule has 0 aliphatic heterocycles. The predicted molar refractivity (Wildman–Crippen MR) is 111 cm³/mol. The fourth-order valence-corrected chi connectivity index (χ4v) is 3.99. The molecule has 3 rings (SSSR count). The van der Waals surface area contributed by atoms with E-state index in [1.165, 1.54) is 11.8 Å². The van der Waals surface area contributed by atoms with Gasteiger partial charge in [0.2, 0.25) is 0 Å². The van der Waals surface area contributed by atoms with Crippen molar-refractivity contribution in [1.82, 2.24) is 9.55 Å². The van der Waals surface area contributed by atoms with Gasteiger partial charge in [0.1, 0.15) is 5.75 Å². The number of halogens is 1. The molecule has 4 nitrogen and oxygen atoms in total. The van der Waals surface area contributed by atoms with Gasteiger partial charge in [0, 0.05) is 35.5 Å². The minimum absolute atomic E-state index is 0.0149. The second-order valence-corrected chi connectivity index (χ2v) is 7.65. The molecule has 27 heavy (non-hydrogen) atoms. The molecule has 0 saturated carbocycles. The number of aromatic nitrogens is 2. The van der Waals surface area contributed by atoms with Crippen molar-refractivity contribution < 1.29 is 4.74 Å². The van der Waals surface area contributed by atoms with E-state index in [9.17, 15) is 4.79 Å². The molecule has 1 aromatic heterocycles. The molecule has 0 spiro atoms. The molecule has 3 aromatic rings.